The normalized spacial score (nSPS) is 19.6. The van der Waals surface area contributed by atoms with Crippen molar-refractivity contribution in [2.75, 3.05) is 19.6 Å². The van der Waals surface area contributed by atoms with Crippen molar-refractivity contribution in [2.45, 2.75) is 38.4 Å². The highest BCUT2D eigenvalue weighted by atomic mass is 16.2. The molecular formula is C24H29N3O2. The third-order valence-corrected chi connectivity index (χ3v) is 5.78. The Labute approximate surface area is 172 Å². The highest BCUT2D eigenvalue weighted by Gasteiger charge is 2.34. The molecule has 1 N–H and O–H groups in total. The minimum Gasteiger partial charge on any atom is -0.353 e. The second-order valence-electron chi connectivity index (χ2n) is 8.17. The number of piperazine rings is 1. The Hall–Kier alpha value is -2.66. The van der Waals surface area contributed by atoms with E-state index in [0.717, 1.165) is 18.7 Å². The topological polar surface area (TPSA) is 52.7 Å². The van der Waals surface area contributed by atoms with Crippen LogP contribution in [0.2, 0.25) is 0 Å². The second kappa shape index (κ2) is 9.23. The van der Waals surface area contributed by atoms with Crippen molar-refractivity contribution in [3.63, 3.8) is 0 Å². The lowest BCUT2D eigenvalue weighted by Gasteiger charge is -2.36. The fraction of sp³-hybridized carbons (Fsp3) is 0.417. The summed E-state index contributed by atoms with van der Waals surface area (Å²) in [6, 6.07) is 19.9. The zero-order chi connectivity index (χ0) is 20.1. The van der Waals surface area contributed by atoms with Crippen LogP contribution in [0.25, 0.3) is 0 Å². The predicted octanol–water partition coefficient (Wildman–Crippen LogP) is 2.82. The lowest BCUT2D eigenvalue weighted by Crippen LogP contribution is -2.56. The first-order valence-corrected chi connectivity index (χ1v) is 10.6. The molecule has 1 heterocycles. The number of carbonyl (C=O) groups excluding carboxylic acids is 2. The molecule has 2 amide bonds. The number of amides is 2. The maximum absolute atomic E-state index is 13.2. The number of nitrogens with zero attached hydrogens (tertiary/aromatic N) is 2. The van der Waals surface area contributed by atoms with E-state index in [0.29, 0.717) is 25.6 Å². The van der Waals surface area contributed by atoms with Gasteiger partial charge in [-0.05, 0) is 29.9 Å². The van der Waals surface area contributed by atoms with Gasteiger partial charge in [0.1, 0.15) is 0 Å². The monoisotopic (exact) mass is 391 g/mol. The van der Waals surface area contributed by atoms with Crippen molar-refractivity contribution in [3.05, 3.63) is 71.8 Å². The minimum atomic E-state index is -0.408. The summed E-state index contributed by atoms with van der Waals surface area (Å²) >= 11 is 0. The van der Waals surface area contributed by atoms with E-state index in [1.165, 1.54) is 18.4 Å². The highest BCUT2D eigenvalue weighted by Crippen LogP contribution is 2.30. The van der Waals surface area contributed by atoms with E-state index in [1.54, 1.807) is 0 Å². The molecule has 5 heteroatoms. The van der Waals surface area contributed by atoms with E-state index in [1.807, 2.05) is 41.3 Å². The minimum absolute atomic E-state index is 0.0355. The van der Waals surface area contributed by atoms with Crippen molar-refractivity contribution in [1.82, 2.24) is 15.1 Å². The molecular weight excluding hydrogens is 362 g/mol. The molecule has 1 saturated heterocycles. The summed E-state index contributed by atoms with van der Waals surface area (Å²) < 4.78 is 0. The first-order chi connectivity index (χ1) is 14.2. The van der Waals surface area contributed by atoms with Gasteiger partial charge in [-0.1, -0.05) is 60.7 Å². The van der Waals surface area contributed by atoms with Crippen LogP contribution in [-0.2, 0) is 22.7 Å². The smallest absolute Gasteiger partial charge is 0.237 e. The van der Waals surface area contributed by atoms with Crippen LogP contribution in [0.1, 0.15) is 30.4 Å². The van der Waals surface area contributed by atoms with Crippen LogP contribution in [-0.4, -0.2) is 47.3 Å². The Balaban J connectivity index is 1.45. The molecule has 1 aliphatic carbocycles. The third kappa shape index (κ3) is 5.45. The molecule has 0 radical (unpaired) electrons. The first-order valence-electron chi connectivity index (χ1n) is 10.6. The molecule has 2 fully saturated rings. The number of hydrogen-bond donors (Lipinski definition) is 1. The lowest BCUT2D eigenvalue weighted by atomic mass is 10.1. The van der Waals surface area contributed by atoms with Crippen LogP contribution in [0.4, 0.5) is 0 Å². The Morgan fingerprint density at radius 2 is 1.66 bits per heavy atom. The van der Waals surface area contributed by atoms with Crippen molar-refractivity contribution in [1.29, 1.82) is 0 Å². The van der Waals surface area contributed by atoms with E-state index in [-0.39, 0.29) is 18.2 Å². The number of nitrogens with one attached hydrogen (secondary N) is 1. The molecule has 0 bridgehead atoms. The highest BCUT2D eigenvalue weighted by molar-refractivity contribution is 5.88. The third-order valence-electron chi connectivity index (χ3n) is 5.78. The molecule has 152 valence electrons. The molecule has 4 rings (SSSR count). The molecule has 0 spiro atoms. The van der Waals surface area contributed by atoms with Gasteiger partial charge in [0.15, 0.2) is 0 Å². The number of hydrogen-bond acceptors (Lipinski definition) is 3. The molecule has 0 aromatic heterocycles. The molecule has 1 saturated carbocycles. The Kier molecular flexibility index (Phi) is 6.25. The van der Waals surface area contributed by atoms with Crippen LogP contribution in [0.5, 0.6) is 0 Å². The summed E-state index contributed by atoms with van der Waals surface area (Å²) in [5.41, 5.74) is 2.30. The van der Waals surface area contributed by atoms with Gasteiger partial charge in [-0.15, -0.1) is 0 Å². The van der Waals surface area contributed by atoms with Crippen LogP contribution in [0.3, 0.4) is 0 Å². The fourth-order valence-electron chi connectivity index (χ4n) is 3.96. The van der Waals surface area contributed by atoms with Gasteiger partial charge >= 0.3 is 0 Å². The SMILES string of the molecule is O=C1NCCN(Cc2ccccc2)C1CC(=O)N(Cc1ccccc1)CC1CC1. The van der Waals surface area contributed by atoms with Crippen molar-refractivity contribution >= 4 is 11.8 Å². The average Bonchev–Trinajstić information content (AvgIpc) is 3.56. The lowest BCUT2D eigenvalue weighted by molar-refractivity contribution is -0.139. The second-order valence-corrected chi connectivity index (χ2v) is 8.17. The largest absolute Gasteiger partial charge is 0.353 e. The quantitative estimate of drug-likeness (QED) is 0.753. The zero-order valence-corrected chi connectivity index (χ0v) is 16.8. The van der Waals surface area contributed by atoms with Gasteiger partial charge in [-0.25, -0.2) is 0 Å². The molecule has 2 aliphatic rings. The summed E-state index contributed by atoms with van der Waals surface area (Å²) in [5.74, 6) is 0.649. The Morgan fingerprint density at radius 1 is 1.00 bits per heavy atom. The van der Waals surface area contributed by atoms with E-state index in [4.69, 9.17) is 0 Å². The van der Waals surface area contributed by atoms with Gasteiger partial charge in [-0.3, -0.25) is 14.5 Å². The number of benzene rings is 2. The van der Waals surface area contributed by atoms with E-state index in [9.17, 15) is 9.59 Å². The molecule has 2 aromatic carbocycles. The van der Waals surface area contributed by atoms with Crippen molar-refractivity contribution in [2.24, 2.45) is 5.92 Å². The summed E-state index contributed by atoms with van der Waals surface area (Å²) in [6.07, 6.45) is 2.63. The molecule has 5 nitrogen and oxygen atoms in total. The maximum Gasteiger partial charge on any atom is 0.237 e. The van der Waals surface area contributed by atoms with E-state index >= 15 is 0 Å². The van der Waals surface area contributed by atoms with E-state index in [2.05, 4.69) is 34.5 Å². The molecule has 1 aliphatic heterocycles. The summed E-state index contributed by atoms with van der Waals surface area (Å²) in [7, 11) is 0. The van der Waals surface area contributed by atoms with Gasteiger partial charge < -0.3 is 10.2 Å². The molecule has 1 unspecified atom stereocenters. The van der Waals surface area contributed by atoms with Crippen LogP contribution >= 0.6 is 0 Å². The summed E-state index contributed by atoms with van der Waals surface area (Å²) in [5, 5.41) is 2.94. The van der Waals surface area contributed by atoms with Crippen molar-refractivity contribution in [3.8, 4) is 0 Å². The Bertz CT molecular complexity index is 821. The predicted molar refractivity (Wildman–Crippen MR) is 113 cm³/mol. The van der Waals surface area contributed by atoms with Crippen molar-refractivity contribution < 1.29 is 9.59 Å². The van der Waals surface area contributed by atoms with Gasteiger partial charge in [-0.2, -0.15) is 0 Å². The van der Waals surface area contributed by atoms with Gasteiger partial charge in [0.05, 0.1) is 12.5 Å². The maximum atomic E-state index is 13.2. The first kappa shape index (κ1) is 19.6. The van der Waals surface area contributed by atoms with Gasteiger partial charge in [0, 0.05) is 32.7 Å². The van der Waals surface area contributed by atoms with Gasteiger partial charge in [0.2, 0.25) is 11.8 Å². The standard InChI is InChI=1S/C24H29N3O2/c28-23(27(18-21-11-12-21)17-20-9-5-2-6-10-20)15-22-24(29)25-13-14-26(22)16-19-7-3-1-4-8-19/h1-10,21-22H,11-18H2,(H,25,29). The van der Waals surface area contributed by atoms with Crippen LogP contribution in [0.15, 0.2) is 60.7 Å². The average molecular weight is 392 g/mol. The fourth-order valence-corrected chi connectivity index (χ4v) is 3.96. The van der Waals surface area contributed by atoms with Crippen LogP contribution in [0, 0.1) is 5.92 Å². The summed E-state index contributed by atoms with van der Waals surface area (Å²) in [6.45, 7) is 3.49. The summed E-state index contributed by atoms with van der Waals surface area (Å²) in [4.78, 5) is 30.0. The Morgan fingerprint density at radius 3 is 2.31 bits per heavy atom. The van der Waals surface area contributed by atoms with Crippen LogP contribution < -0.4 is 5.32 Å². The van der Waals surface area contributed by atoms with Gasteiger partial charge in [0.25, 0.3) is 0 Å². The van der Waals surface area contributed by atoms with E-state index < -0.39 is 6.04 Å². The molecule has 2 aromatic rings. The zero-order valence-electron chi connectivity index (χ0n) is 16.8. The number of rotatable bonds is 8. The number of carbonyl (C=O) groups is 2. The molecule has 29 heavy (non-hydrogen) atoms. The molecule has 1 atom stereocenters.